The molecule has 5 nitrogen and oxygen atoms in total. The van der Waals surface area contributed by atoms with E-state index in [1.807, 2.05) is 32.1 Å². The van der Waals surface area contributed by atoms with Gasteiger partial charge in [-0.15, -0.1) is 0 Å². The first-order valence-corrected chi connectivity index (χ1v) is 11.8. The molecule has 1 heterocycles. The molecule has 0 atom stereocenters. The molecular formula is C28H38O5. The standard InChI is InChI=1S/C28H38O5/c1-7-8-9-10-17-30-23-14-15-24-25(19-23)33-28(29)27(32-21(4)5)26(24)31-18-16-22(6)13-11-12-20(2)3/h8-9,12,14-16,19,21H,7,10-11,13,17-18H2,1-6H3/b9-8+,22-16+. The van der Waals surface area contributed by atoms with Crippen LogP contribution >= 0.6 is 0 Å². The minimum atomic E-state index is -0.557. The second-order valence-corrected chi connectivity index (χ2v) is 8.57. The van der Waals surface area contributed by atoms with Crippen LogP contribution in [0.15, 0.2) is 62.9 Å². The zero-order valence-corrected chi connectivity index (χ0v) is 20.9. The summed E-state index contributed by atoms with van der Waals surface area (Å²) in [5.41, 5.74) is 2.41. The quantitative estimate of drug-likeness (QED) is 0.179. The Bertz CT molecular complexity index is 1040. The summed E-state index contributed by atoms with van der Waals surface area (Å²) >= 11 is 0. The van der Waals surface area contributed by atoms with Crippen LogP contribution in [0.4, 0.5) is 0 Å². The van der Waals surface area contributed by atoms with E-state index in [9.17, 15) is 4.79 Å². The van der Waals surface area contributed by atoms with Gasteiger partial charge in [0.1, 0.15) is 17.9 Å². The van der Waals surface area contributed by atoms with Crippen LogP contribution in [-0.2, 0) is 0 Å². The molecule has 0 saturated carbocycles. The summed E-state index contributed by atoms with van der Waals surface area (Å²) in [4.78, 5) is 12.7. The van der Waals surface area contributed by atoms with Crippen molar-refractivity contribution in [2.24, 2.45) is 0 Å². The fraction of sp³-hybridized carbons (Fsp3) is 0.464. The Morgan fingerprint density at radius 2 is 1.82 bits per heavy atom. The number of allylic oxidation sites excluding steroid dienone is 4. The molecular weight excluding hydrogens is 416 g/mol. The Morgan fingerprint density at radius 1 is 1.03 bits per heavy atom. The van der Waals surface area contributed by atoms with Crippen molar-refractivity contribution in [1.82, 2.24) is 0 Å². The van der Waals surface area contributed by atoms with Crippen LogP contribution in [-0.4, -0.2) is 19.3 Å². The smallest absolute Gasteiger partial charge is 0.383 e. The predicted octanol–water partition coefficient (Wildman–Crippen LogP) is 7.39. The van der Waals surface area contributed by atoms with E-state index in [2.05, 4.69) is 45.9 Å². The fourth-order valence-electron chi connectivity index (χ4n) is 3.19. The van der Waals surface area contributed by atoms with Crippen molar-refractivity contribution in [2.45, 2.75) is 73.3 Å². The Kier molecular flexibility index (Phi) is 10.8. The van der Waals surface area contributed by atoms with Gasteiger partial charge in [0, 0.05) is 6.07 Å². The average Bonchev–Trinajstić information content (AvgIpc) is 2.75. The summed E-state index contributed by atoms with van der Waals surface area (Å²) in [5, 5.41) is 0.680. The summed E-state index contributed by atoms with van der Waals surface area (Å²) in [6, 6.07) is 5.44. The zero-order chi connectivity index (χ0) is 24.2. The van der Waals surface area contributed by atoms with Gasteiger partial charge in [-0.2, -0.15) is 0 Å². The number of hydrogen-bond acceptors (Lipinski definition) is 5. The van der Waals surface area contributed by atoms with Crippen molar-refractivity contribution in [2.75, 3.05) is 13.2 Å². The monoisotopic (exact) mass is 454 g/mol. The lowest BCUT2D eigenvalue weighted by Gasteiger charge is -2.15. The van der Waals surface area contributed by atoms with Crippen LogP contribution in [0.1, 0.15) is 67.2 Å². The number of benzene rings is 1. The van der Waals surface area contributed by atoms with Crippen LogP contribution in [0.5, 0.6) is 17.2 Å². The summed E-state index contributed by atoms with van der Waals surface area (Å²) in [5.74, 6) is 1.15. The van der Waals surface area contributed by atoms with E-state index in [1.165, 1.54) is 11.1 Å². The summed E-state index contributed by atoms with van der Waals surface area (Å²) in [7, 11) is 0. The Balaban J connectivity index is 2.25. The molecule has 0 saturated heterocycles. The Labute approximate surface area is 197 Å². The number of fused-ring (bicyclic) bond motifs is 1. The van der Waals surface area contributed by atoms with Crippen molar-refractivity contribution >= 4 is 11.0 Å². The Hall–Kier alpha value is -2.95. The maximum absolute atomic E-state index is 12.7. The van der Waals surface area contributed by atoms with Gasteiger partial charge in [0.05, 0.1) is 18.1 Å². The molecule has 180 valence electrons. The molecule has 2 rings (SSSR count). The molecule has 0 fully saturated rings. The van der Waals surface area contributed by atoms with E-state index in [0.717, 1.165) is 25.7 Å². The van der Waals surface area contributed by atoms with Gasteiger partial charge in [0.15, 0.2) is 5.75 Å². The summed E-state index contributed by atoms with van der Waals surface area (Å²) < 4.78 is 23.2. The molecule has 0 amide bonds. The lowest BCUT2D eigenvalue weighted by Crippen LogP contribution is -2.15. The molecule has 0 aliphatic heterocycles. The van der Waals surface area contributed by atoms with Crippen molar-refractivity contribution in [1.29, 1.82) is 0 Å². The molecule has 1 aromatic carbocycles. The van der Waals surface area contributed by atoms with Crippen molar-refractivity contribution in [3.63, 3.8) is 0 Å². The topological polar surface area (TPSA) is 57.9 Å². The highest BCUT2D eigenvalue weighted by Crippen LogP contribution is 2.35. The van der Waals surface area contributed by atoms with E-state index in [-0.39, 0.29) is 11.9 Å². The van der Waals surface area contributed by atoms with Crippen LogP contribution in [0.25, 0.3) is 11.0 Å². The molecule has 33 heavy (non-hydrogen) atoms. The van der Waals surface area contributed by atoms with Gasteiger partial charge in [-0.05, 0) is 78.5 Å². The molecule has 0 radical (unpaired) electrons. The summed E-state index contributed by atoms with van der Waals surface area (Å²) in [6.45, 7) is 13.0. The number of ether oxygens (including phenoxy) is 3. The third kappa shape index (κ3) is 8.83. The van der Waals surface area contributed by atoms with Gasteiger partial charge in [0.25, 0.3) is 0 Å². The minimum absolute atomic E-state index is 0.103. The zero-order valence-electron chi connectivity index (χ0n) is 20.9. The van der Waals surface area contributed by atoms with Crippen molar-refractivity contribution in [3.05, 3.63) is 64.1 Å². The molecule has 0 N–H and O–H groups in total. The first-order chi connectivity index (χ1) is 15.8. The maximum atomic E-state index is 12.7. The Morgan fingerprint density at radius 3 is 2.52 bits per heavy atom. The minimum Gasteiger partial charge on any atom is -0.493 e. The largest absolute Gasteiger partial charge is 0.493 e. The highest BCUT2D eigenvalue weighted by atomic mass is 16.5. The molecule has 0 aliphatic carbocycles. The average molecular weight is 455 g/mol. The number of rotatable bonds is 13. The van der Waals surface area contributed by atoms with Crippen LogP contribution < -0.4 is 19.8 Å². The van der Waals surface area contributed by atoms with E-state index >= 15 is 0 Å². The highest BCUT2D eigenvalue weighted by Gasteiger charge is 2.19. The van der Waals surface area contributed by atoms with Crippen molar-refractivity contribution in [3.8, 4) is 17.2 Å². The van der Waals surface area contributed by atoms with Gasteiger partial charge in [-0.3, -0.25) is 0 Å². The molecule has 0 spiro atoms. The van der Waals surface area contributed by atoms with Gasteiger partial charge >= 0.3 is 5.63 Å². The van der Waals surface area contributed by atoms with E-state index in [4.69, 9.17) is 18.6 Å². The third-order valence-electron chi connectivity index (χ3n) is 4.85. The van der Waals surface area contributed by atoms with Gasteiger partial charge < -0.3 is 18.6 Å². The SMILES string of the molecule is CC/C=C/CCOc1ccc2c(OC/C=C(\C)CCC=C(C)C)c(OC(C)C)c(=O)oc2c1. The molecule has 0 aliphatic rings. The lowest BCUT2D eigenvalue weighted by molar-refractivity contribution is 0.216. The normalized spacial score (nSPS) is 11.9. The fourth-order valence-corrected chi connectivity index (χ4v) is 3.19. The molecule has 1 aromatic heterocycles. The van der Waals surface area contributed by atoms with Crippen LogP contribution in [0.3, 0.4) is 0 Å². The van der Waals surface area contributed by atoms with Gasteiger partial charge in [-0.1, -0.05) is 36.3 Å². The molecule has 5 heteroatoms. The molecule has 0 bridgehead atoms. The first kappa shape index (κ1) is 26.3. The molecule has 0 unspecified atom stereocenters. The summed E-state index contributed by atoms with van der Waals surface area (Å²) in [6.07, 6.45) is 12.1. The second-order valence-electron chi connectivity index (χ2n) is 8.57. The first-order valence-electron chi connectivity index (χ1n) is 11.8. The van der Waals surface area contributed by atoms with Crippen LogP contribution in [0, 0.1) is 0 Å². The van der Waals surface area contributed by atoms with E-state index in [1.54, 1.807) is 6.07 Å². The highest BCUT2D eigenvalue weighted by molar-refractivity contribution is 5.86. The van der Waals surface area contributed by atoms with Gasteiger partial charge in [-0.25, -0.2) is 4.79 Å². The predicted molar refractivity (Wildman–Crippen MR) is 136 cm³/mol. The second kappa shape index (κ2) is 13.6. The van der Waals surface area contributed by atoms with Crippen molar-refractivity contribution < 1.29 is 18.6 Å². The van der Waals surface area contributed by atoms with Gasteiger partial charge in [0.2, 0.25) is 5.75 Å². The molecule has 2 aromatic rings. The maximum Gasteiger partial charge on any atom is 0.383 e. The van der Waals surface area contributed by atoms with E-state index in [0.29, 0.717) is 35.7 Å². The van der Waals surface area contributed by atoms with E-state index < -0.39 is 5.63 Å². The van der Waals surface area contributed by atoms with Crippen LogP contribution in [0.2, 0.25) is 0 Å². The lowest BCUT2D eigenvalue weighted by atomic mass is 10.1. The third-order valence-corrected chi connectivity index (χ3v) is 4.85. The number of hydrogen-bond donors (Lipinski definition) is 0.